The Labute approximate surface area is 168 Å². The number of sulfonamides is 1. The van der Waals surface area contributed by atoms with Gasteiger partial charge in [-0.15, -0.1) is 0 Å². The highest BCUT2D eigenvalue weighted by Crippen LogP contribution is 2.32. The third-order valence-electron chi connectivity index (χ3n) is 5.89. The number of nitrogens with one attached hydrogen (secondary N) is 1. The Kier molecular flexibility index (Phi) is 5.60. The van der Waals surface area contributed by atoms with Crippen molar-refractivity contribution in [1.29, 1.82) is 0 Å². The zero-order valence-corrected chi connectivity index (χ0v) is 17.3. The molecular formula is C22H29N3O2S. The van der Waals surface area contributed by atoms with E-state index in [0.29, 0.717) is 11.7 Å². The van der Waals surface area contributed by atoms with Crippen molar-refractivity contribution in [1.82, 2.24) is 4.90 Å². The molecular weight excluding hydrogens is 370 g/mol. The first kappa shape index (κ1) is 19.3. The normalized spacial score (nSPS) is 18.2. The van der Waals surface area contributed by atoms with Crippen molar-refractivity contribution >= 4 is 21.4 Å². The van der Waals surface area contributed by atoms with Gasteiger partial charge in [0.25, 0.3) is 0 Å². The van der Waals surface area contributed by atoms with Crippen LogP contribution in [0, 0.1) is 0 Å². The Balaban J connectivity index is 1.25. The molecule has 2 aliphatic heterocycles. The molecule has 4 rings (SSSR count). The summed E-state index contributed by atoms with van der Waals surface area (Å²) in [5.41, 5.74) is 4.81. The van der Waals surface area contributed by atoms with Crippen molar-refractivity contribution in [2.24, 2.45) is 0 Å². The van der Waals surface area contributed by atoms with E-state index in [-0.39, 0.29) is 0 Å². The Morgan fingerprint density at radius 3 is 2.43 bits per heavy atom. The molecule has 0 atom stereocenters. The molecule has 2 aliphatic rings. The van der Waals surface area contributed by atoms with Crippen LogP contribution in [-0.4, -0.2) is 51.8 Å². The lowest BCUT2D eigenvalue weighted by Gasteiger charge is -2.38. The first-order chi connectivity index (χ1) is 13.5. The summed E-state index contributed by atoms with van der Waals surface area (Å²) in [7, 11) is -3.21. The van der Waals surface area contributed by atoms with Crippen LogP contribution in [0.15, 0.2) is 48.5 Å². The van der Waals surface area contributed by atoms with E-state index in [0.717, 1.165) is 32.6 Å². The Bertz CT molecular complexity index is 904. The second-order valence-electron chi connectivity index (χ2n) is 7.97. The minimum Gasteiger partial charge on any atom is -0.368 e. The molecule has 0 unspecified atom stereocenters. The minimum absolute atomic E-state index is 0.623. The van der Waals surface area contributed by atoms with E-state index in [1.165, 1.54) is 42.3 Å². The first-order valence-corrected chi connectivity index (χ1v) is 12.0. The van der Waals surface area contributed by atoms with Gasteiger partial charge in [-0.1, -0.05) is 30.3 Å². The second kappa shape index (κ2) is 8.13. The smallest absolute Gasteiger partial charge is 0.229 e. The molecule has 2 heterocycles. The first-order valence-electron chi connectivity index (χ1n) is 10.1. The molecule has 0 amide bonds. The number of piperidine rings is 1. The summed E-state index contributed by atoms with van der Waals surface area (Å²) in [6.45, 7) is 4.52. The molecule has 1 N–H and O–H groups in total. The van der Waals surface area contributed by atoms with Gasteiger partial charge in [0, 0.05) is 43.6 Å². The fourth-order valence-corrected chi connectivity index (χ4v) is 5.00. The molecule has 0 saturated carbocycles. The van der Waals surface area contributed by atoms with Crippen LogP contribution in [0.25, 0.3) is 0 Å². The highest BCUT2D eigenvalue weighted by Gasteiger charge is 2.28. The summed E-state index contributed by atoms with van der Waals surface area (Å²) in [5, 5.41) is 0. The van der Waals surface area contributed by atoms with Gasteiger partial charge in [0.15, 0.2) is 0 Å². The third-order valence-corrected chi connectivity index (χ3v) is 6.50. The monoisotopic (exact) mass is 399 g/mol. The predicted octanol–water partition coefficient (Wildman–Crippen LogP) is 3.13. The Hall–Kier alpha value is -2.05. The number of benzene rings is 2. The fraction of sp³-hybridized carbons (Fsp3) is 0.455. The lowest BCUT2D eigenvalue weighted by atomic mass is 10.0. The quantitative estimate of drug-likeness (QED) is 0.811. The Morgan fingerprint density at radius 1 is 1.00 bits per heavy atom. The molecule has 2 aromatic rings. The molecule has 0 bridgehead atoms. The van der Waals surface area contributed by atoms with Crippen molar-refractivity contribution in [3.63, 3.8) is 0 Å². The summed E-state index contributed by atoms with van der Waals surface area (Å²) in [5.74, 6) is 0. The van der Waals surface area contributed by atoms with E-state index >= 15 is 0 Å². The van der Waals surface area contributed by atoms with Gasteiger partial charge in [0.2, 0.25) is 10.0 Å². The number of hydrogen-bond acceptors (Lipinski definition) is 4. The highest BCUT2D eigenvalue weighted by atomic mass is 32.2. The van der Waals surface area contributed by atoms with Gasteiger partial charge in [-0.3, -0.25) is 4.72 Å². The van der Waals surface area contributed by atoms with E-state index in [9.17, 15) is 8.42 Å². The van der Waals surface area contributed by atoms with Gasteiger partial charge in [0.05, 0.1) is 6.26 Å². The van der Waals surface area contributed by atoms with Crippen molar-refractivity contribution in [3.05, 3.63) is 59.7 Å². The van der Waals surface area contributed by atoms with Gasteiger partial charge in [-0.25, -0.2) is 8.42 Å². The number of likely N-dealkylation sites (tertiary alicyclic amines) is 1. The van der Waals surface area contributed by atoms with Crippen LogP contribution in [0.2, 0.25) is 0 Å². The molecule has 28 heavy (non-hydrogen) atoms. The molecule has 5 nitrogen and oxygen atoms in total. The molecule has 0 radical (unpaired) electrons. The maximum absolute atomic E-state index is 11.3. The molecule has 1 fully saturated rings. The molecule has 0 aromatic heterocycles. The van der Waals surface area contributed by atoms with E-state index < -0.39 is 10.0 Å². The average Bonchev–Trinajstić information content (AvgIpc) is 3.11. The molecule has 2 aromatic carbocycles. The van der Waals surface area contributed by atoms with Gasteiger partial charge in [0.1, 0.15) is 0 Å². The van der Waals surface area contributed by atoms with Crippen LogP contribution in [0.3, 0.4) is 0 Å². The van der Waals surface area contributed by atoms with Gasteiger partial charge >= 0.3 is 0 Å². The standard InChI is InChI=1S/C22H29N3O2S/c1-28(26,27)23-20-8-6-18(7-9-20)10-14-24-15-12-21(13-16-24)25-17-11-19-4-2-3-5-22(19)25/h2-9,21,23H,10-17H2,1H3. The zero-order valence-electron chi connectivity index (χ0n) is 16.5. The minimum atomic E-state index is -3.21. The number of hydrogen-bond donors (Lipinski definition) is 1. The summed E-state index contributed by atoms with van der Waals surface area (Å²) in [6, 6.07) is 17.2. The summed E-state index contributed by atoms with van der Waals surface area (Å²) >= 11 is 0. The fourth-order valence-electron chi connectivity index (χ4n) is 4.44. The van der Waals surface area contributed by atoms with Crippen LogP contribution in [0.4, 0.5) is 11.4 Å². The lowest BCUT2D eigenvalue weighted by Crippen LogP contribution is -2.44. The molecule has 1 saturated heterocycles. The topological polar surface area (TPSA) is 52.7 Å². The van der Waals surface area contributed by atoms with Gasteiger partial charge in [-0.2, -0.15) is 0 Å². The molecule has 150 valence electrons. The van der Waals surface area contributed by atoms with Crippen LogP contribution >= 0.6 is 0 Å². The van der Waals surface area contributed by atoms with Gasteiger partial charge < -0.3 is 9.80 Å². The van der Waals surface area contributed by atoms with E-state index in [4.69, 9.17) is 0 Å². The van der Waals surface area contributed by atoms with Gasteiger partial charge in [-0.05, 0) is 55.0 Å². The van der Waals surface area contributed by atoms with E-state index in [1.807, 2.05) is 24.3 Å². The van der Waals surface area contributed by atoms with Crippen LogP contribution in [0.1, 0.15) is 24.0 Å². The largest absolute Gasteiger partial charge is 0.368 e. The van der Waals surface area contributed by atoms with Crippen LogP contribution in [0.5, 0.6) is 0 Å². The number of fused-ring (bicyclic) bond motifs is 1. The van der Waals surface area contributed by atoms with Crippen molar-refractivity contribution in [2.75, 3.05) is 42.1 Å². The summed E-state index contributed by atoms with van der Waals surface area (Å²) in [6.07, 6.45) is 5.80. The lowest BCUT2D eigenvalue weighted by molar-refractivity contribution is 0.212. The Morgan fingerprint density at radius 2 is 1.71 bits per heavy atom. The van der Waals surface area contributed by atoms with E-state index in [2.05, 4.69) is 38.8 Å². The van der Waals surface area contributed by atoms with Crippen molar-refractivity contribution in [2.45, 2.75) is 31.7 Å². The van der Waals surface area contributed by atoms with E-state index in [1.54, 1.807) is 0 Å². The highest BCUT2D eigenvalue weighted by molar-refractivity contribution is 7.92. The summed E-state index contributed by atoms with van der Waals surface area (Å²) < 4.78 is 25.1. The van der Waals surface area contributed by atoms with Crippen LogP contribution in [-0.2, 0) is 22.9 Å². The number of rotatable bonds is 6. The average molecular weight is 400 g/mol. The molecule has 0 spiro atoms. The molecule has 0 aliphatic carbocycles. The maximum atomic E-state index is 11.3. The number of para-hydroxylation sites is 1. The zero-order chi connectivity index (χ0) is 19.6. The third kappa shape index (κ3) is 4.67. The SMILES string of the molecule is CS(=O)(=O)Nc1ccc(CCN2CCC(N3CCc4ccccc43)CC2)cc1. The summed E-state index contributed by atoms with van der Waals surface area (Å²) in [4.78, 5) is 5.18. The number of nitrogens with zero attached hydrogens (tertiary/aromatic N) is 2. The number of anilines is 2. The maximum Gasteiger partial charge on any atom is 0.229 e. The second-order valence-corrected chi connectivity index (χ2v) is 9.71. The molecule has 6 heteroatoms. The van der Waals surface area contributed by atoms with Crippen LogP contribution < -0.4 is 9.62 Å². The predicted molar refractivity (Wildman–Crippen MR) is 116 cm³/mol. The van der Waals surface area contributed by atoms with Crippen molar-refractivity contribution in [3.8, 4) is 0 Å². The van der Waals surface area contributed by atoms with Crippen molar-refractivity contribution < 1.29 is 8.42 Å².